The molecule has 4 nitrogen and oxygen atoms in total. The van der Waals surface area contributed by atoms with Gasteiger partial charge in [-0.25, -0.2) is 0 Å². The van der Waals surface area contributed by atoms with Crippen LogP contribution < -0.4 is 5.32 Å². The molecule has 0 aromatic carbocycles. The van der Waals surface area contributed by atoms with Crippen LogP contribution in [0.5, 0.6) is 0 Å². The maximum Gasteiger partial charge on any atom is 0.221 e. The van der Waals surface area contributed by atoms with Crippen LogP contribution in [0.4, 0.5) is 0 Å². The Morgan fingerprint density at radius 2 is 2.54 bits per heavy atom. The molecular formula is C9H16N2O2. The lowest BCUT2D eigenvalue weighted by Gasteiger charge is -2.25. The van der Waals surface area contributed by atoms with Crippen molar-refractivity contribution in [2.24, 2.45) is 0 Å². The number of rotatable bonds is 3. The second-order valence-corrected chi connectivity index (χ2v) is 3.67. The quantitative estimate of drug-likeness (QED) is 0.648. The average Bonchev–Trinajstić information content (AvgIpc) is 2.92. The topological polar surface area (TPSA) is 41.6 Å². The fourth-order valence-corrected chi connectivity index (χ4v) is 1.86. The van der Waals surface area contributed by atoms with E-state index in [1.54, 1.807) is 7.05 Å². The van der Waals surface area contributed by atoms with E-state index >= 15 is 0 Å². The van der Waals surface area contributed by atoms with E-state index in [2.05, 4.69) is 10.2 Å². The summed E-state index contributed by atoms with van der Waals surface area (Å²) in [7, 11) is 1.68. The smallest absolute Gasteiger partial charge is 0.221 e. The van der Waals surface area contributed by atoms with Gasteiger partial charge in [0.25, 0.3) is 0 Å². The minimum atomic E-state index is 0.128. The number of nitrogens with one attached hydrogen (secondary N) is 1. The minimum Gasteiger partial charge on any atom is -0.375 e. The van der Waals surface area contributed by atoms with Crippen LogP contribution in [0.2, 0.25) is 0 Å². The van der Waals surface area contributed by atoms with Crippen LogP contribution in [-0.2, 0) is 9.53 Å². The van der Waals surface area contributed by atoms with Crippen LogP contribution in [0.15, 0.2) is 0 Å². The highest BCUT2D eigenvalue weighted by Crippen LogP contribution is 2.34. The van der Waals surface area contributed by atoms with E-state index in [1.807, 2.05) is 0 Å². The van der Waals surface area contributed by atoms with Crippen molar-refractivity contribution in [2.75, 3.05) is 26.7 Å². The highest BCUT2D eigenvalue weighted by atomic mass is 16.5. The van der Waals surface area contributed by atoms with Crippen LogP contribution in [0.1, 0.15) is 12.8 Å². The molecular weight excluding hydrogens is 168 g/mol. The Kier molecular flexibility index (Phi) is 2.51. The van der Waals surface area contributed by atoms with Crippen molar-refractivity contribution in [1.82, 2.24) is 10.2 Å². The standard InChI is InChI=1S/C9H16N2O2/c1-10-9(12)2-3-11-4-5-13-8-6-7(8)11/h7-8H,2-6H2,1H3,(H,10,12). The largest absolute Gasteiger partial charge is 0.375 e. The summed E-state index contributed by atoms with van der Waals surface area (Å²) in [5, 5.41) is 2.64. The van der Waals surface area contributed by atoms with Crippen molar-refractivity contribution in [2.45, 2.75) is 25.0 Å². The van der Waals surface area contributed by atoms with Gasteiger partial charge in [-0.15, -0.1) is 0 Å². The van der Waals surface area contributed by atoms with Gasteiger partial charge >= 0.3 is 0 Å². The first-order chi connectivity index (χ1) is 6.31. The van der Waals surface area contributed by atoms with Gasteiger partial charge in [-0.2, -0.15) is 0 Å². The third kappa shape index (κ3) is 2.00. The Labute approximate surface area is 78.2 Å². The van der Waals surface area contributed by atoms with Crippen LogP contribution >= 0.6 is 0 Å². The molecule has 0 bridgehead atoms. The van der Waals surface area contributed by atoms with Gasteiger partial charge in [-0.05, 0) is 6.42 Å². The molecule has 2 aliphatic rings. The summed E-state index contributed by atoms with van der Waals surface area (Å²) < 4.78 is 5.47. The normalized spacial score (nSPS) is 32.4. The molecule has 2 fully saturated rings. The SMILES string of the molecule is CNC(=O)CCN1CCOC2CC21. The summed E-state index contributed by atoms with van der Waals surface area (Å²) in [6.45, 7) is 2.69. The third-order valence-corrected chi connectivity index (χ3v) is 2.78. The summed E-state index contributed by atoms with van der Waals surface area (Å²) in [5.74, 6) is 0.128. The molecule has 0 aromatic rings. The van der Waals surface area contributed by atoms with E-state index in [0.717, 1.165) is 26.1 Å². The zero-order valence-electron chi connectivity index (χ0n) is 7.95. The van der Waals surface area contributed by atoms with E-state index in [0.29, 0.717) is 18.6 Å². The van der Waals surface area contributed by atoms with Crippen LogP contribution in [-0.4, -0.2) is 49.7 Å². The molecule has 13 heavy (non-hydrogen) atoms. The molecule has 2 atom stereocenters. The van der Waals surface area contributed by atoms with Crippen molar-refractivity contribution in [3.63, 3.8) is 0 Å². The summed E-state index contributed by atoms with van der Waals surface area (Å²) in [5.41, 5.74) is 0. The van der Waals surface area contributed by atoms with Crippen LogP contribution in [0, 0.1) is 0 Å². The lowest BCUT2D eigenvalue weighted by Crippen LogP contribution is -2.38. The molecule has 1 saturated carbocycles. The molecule has 1 heterocycles. The molecule has 2 rings (SSSR count). The lowest BCUT2D eigenvalue weighted by molar-refractivity contribution is -0.121. The first-order valence-electron chi connectivity index (χ1n) is 4.87. The number of fused-ring (bicyclic) bond motifs is 1. The predicted octanol–water partition coefficient (Wildman–Crippen LogP) is -0.404. The van der Waals surface area contributed by atoms with E-state index in [1.165, 1.54) is 0 Å². The Hall–Kier alpha value is -0.610. The van der Waals surface area contributed by atoms with Gasteiger partial charge in [0.05, 0.1) is 12.7 Å². The second-order valence-electron chi connectivity index (χ2n) is 3.67. The summed E-state index contributed by atoms with van der Waals surface area (Å²) in [6.07, 6.45) is 2.24. The Morgan fingerprint density at radius 3 is 3.31 bits per heavy atom. The lowest BCUT2D eigenvalue weighted by atomic mass is 10.3. The molecule has 0 aromatic heterocycles. The second kappa shape index (κ2) is 3.64. The van der Waals surface area contributed by atoms with Gasteiger partial charge < -0.3 is 10.1 Å². The molecule has 0 spiro atoms. The zero-order chi connectivity index (χ0) is 9.26. The number of amides is 1. The highest BCUT2D eigenvalue weighted by Gasteiger charge is 2.45. The van der Waals surface area contributed by atoms with Gasteiger partial charge in [0.1, 0.15) is 0 Å². The number of morpholine rings is 1. The van der Waals surface area contributed by atoms with Crippen LogP contribution in [0.25, 0.3) is 0 Å². The van der Waals surface area contributed by atoms with Gasteiger partial charge in [0, 0.05) is 32.6 Å². The highest BCUT2D eigenvalue weighted by molar-refractivity contribution is 5.75. The molecule has 1 N–H and O–H groups in total. The van der Waals surface area contributed by atoms with E-state index in [-0.39, 0.29) is 5.91 Å². The maximum absolute atomic E-state index is 11.0. The molecule has 1 amide bonds. The molecule has 74 valence electrons. The van der Waals surface area contributed by atoms with Crippen molar-refractivity contribution in [3.05, 3.63) is 0 Å². The predicted molar refractivity (Wildman–Crippen MR) is 48.4 cm³/mol. The fourth-order valence-electron chi connectivity index (χ4n) is 1.86. The third-order valence-electron chi connectivity index (χ3n) is 2.78. The zero-order valence-corrected chi connectivity index (χ0v) is 7.95. The fraction of sp³-hybridized carbons (Fsp3) is 0.889. The number of ether oxygens (including phenoxy) is 1. The van der Waals surface area contributed by atoms with Crippen molar-refractivity contribution >= 4 is 5.91 Å². The monoisotopic (exact) mass is 184 g/mol. The van der Waals surface area contributed by atoms with E-state index in [9.17, 15) is 4.79 Å². The van der Waals surface area contributed by atoms with E-state index in [4.69, 9.17) is 4.74 Å². The number of hydrogen-bond acceptors (Lipinski definition) is 3. The van der Waals surface area contributed by atoms with Crippen LogP contribution in [0.3, 0.4) is 0 Å². The van der Waals surface area contributed by atoms with Crippen molar-refractivity contribution in [1.29, 1.82) is 0 Å². The molecule has 1 aliphatic carbocycles. The Bertz CT molecular complexity index is 208. The first kappa shape index (κ1) is 8.97. The van der Waals surface area contributed by atoms with Gasteiger partial charge in [0.15, 0.2) is 0 Å². The minimum absolute atomic E-state index is 0.128. The number of carbonyl (C=O) groups is 1. The number of hydrogen-bond donors (Lipinski definition) is 1. The van der Waals surface area contributed by atoms with E-state index < -0.39 is 0 Å². The van der Waals surface area contributed by atoms with Crippen molar-refractivity contribution < 1.29 is 9.53 Å². The summed E-state index contributed by atoms with van der Waals surface area (Å²) in [6, 6.07) is 0.610. The maximum atomic E-state index is 11.0. The molecule has 1 saturated heterocycles. The molecule has 4 heteroatoms. The van der Waals surface area contributed by atoms with Gasteiger partial charge in [-0.1, -0.05) is 0 Å². The summed E-state index contributed by atoms with van der Waals surface area (Å²) >= 11 is 0. The van der Waals surface area contributed by atoms with Crippen molar-refractivity contribution in [3.8, 4) is 0 Å². The molecule has 1 aliphatic heterocycles. The number of nitrogens with zero attached hydrogens (tertiary/aromatic N) is 1. The van der Waals surface area contributed by atoms with Gasteiger partial charge in [0.2, 0.25) is 5.91 Å². The Morgan fingerprint density at radius 1 is 1.69 bits per heavy atom. The molecule has 0 radical (unpaired) electrons. The van der Waals surface area contributed by atoms with Gasteiger partial charge in [-0.3, -0.25) is 9.69 Å². The summed E-state index contributed by atoms with van der Waals surface area (Å²) in [4.78, 5) is 13.4. The Balaban J connectivity index is 1.72. The number of carbonyl (C=O) groups excluding carboxylic acids is 1. The average molecular weight is 184 g/mol. The molecule has 2 unspecified atom stereocenters. The first-order valence-corrected chi connectivity index (χ1v) is 4.87.